The van der Waals surface area contributed by atoms with Crippen molar-refractivity contribution in [1.82, 2.24) is 9.38 Å². The lowest BCUT2D eigenvalue weighted by Crippen LogP contribution is -2.48. The van der Waals surface area contributed by atoms with Gasteiger partial charge in [0.2, 0.25) is 0 Å². The molecular weight excluding hydrogens is 272 g/mol. The van der Waals surface area contributed by atoms with Crippen LogP contribution in [0.4, 0.5) is 5.82 Å². The molecule has 0 spiro atoms. The second-order valence-electron chi connectivity index (χ2n) is 5.76. The van der Waals surface area contributed by atoms with Crippen molar-refractivity contribution in [2.75, 3.05) is 18.1 Å². The highest BCUT2D eigenvalue weighted by Gasteiger charge is 2.28. The van der Waals surface area contributed by atoms with Crippen LogP contribution in [0.2, 0.25) is 0 Å². The summed E-state index contributed by atoms with van der Waals surface area (Å²) in [5.41, 5.74) is 7.24. The number of ether oxygens (including phenoxy) is 1. The molecule has 1 saturated heterocycles. The van der Waals surface area contributed by atoms with E-state index in [1.807, 2.05) is 6.92 Å². The van der Waals surface area contributed by atoms with Gasteiger partial charge in [0.1, 0.15) is 0 Å². The number of imidazole rings is 1. The predicted octanol–water partition coefficient (Wildman–Crippen LogP) is 1.90. The number of rotatable bonds is 3. The number of nitrogens with two attached hydrogens (primary N) is 1. The summed E-state index contributed by atoms with van der Waals surface area (Å²) in [6.07, 6.45) is 3.17. The molecule has 0 bridgehead atoms. The smallest absolute Gasteiger partial charge is 0.195 e. The van der Waals surface area contributed by atoms with Gasteiger partial charge in [-0.05, 0) is 20.8 Å². The lowest BCUT2D eigenvalue weighted by molar-refractivity contribution is 0.0340. The molecule has 1 aliphatic heterocycles. The van der Waals surface area contributed by atoms with Crippen molar-refractivity contribution in [2.45, 2.75) is 45.4 Å². The van der Waals surface area contributed by atoms with Gasteiger partial charge in [-0.1, -0.05) is 0 Å². The Balaban J connectivity index is 2.02. The molecule has 5 nitrogen and oxygen atoms in total. The molecular formula is C14H22N4OS. The molecule has 1 fully saturated rings. The minimum absolute atomic E-state index is 0.127. The second kappa shape index (κ2) is 5.35. The molecule has 2 aromatic heterocycles. The van der Waals surface area contributed by atoms with E-state index < -0.39 is 0 Å². The number of nitrogens with zero attached hydrogens (tertiary/aromatic N) is 3. The number of aromatic nitrogens is 2. The van der Waals surface area contributed by atoms with Crippen molar-refractivity contribution in [2.24, 2.45) is 5.73 Å². The number of morpholine rings is 1. The highest BCUT2D eigenvalue weighted by Crippen LogP contribution is 2.29. The fourth-order valence-corrected chi connectivity index (χ4v) is 3.47. The number of anilines is 1. The van der Waals surface area contributed by atoms with Gasteiger partial charge in [-0.25, -0.2) is 4.98 Å². The van der Waals surface area contributed by atoms with Gasteiger partial charge in [-0.3, -0.25) is 4.40 Å². The number of fused-ring (bicyclic) bond motifs is 1. The fraction of sp³-hybridized carbons (Fsp3) is 0.643. The van der Waals surface area contributed by atoms with Crippen molar-refractivity contribution < 1.29 is 4.74 Å². The maximum Gasteiger partial charge on any atom is 0.195 e. The Bertz CT molecular complexity index is 591. The molecule has 2 N–H and O–H groups in total. The van der Waals surface area contributed by atoms with Crippen molar-refractivity contribution in [3.05, 3.63) is 17.3 Å². The van der Waals surface area contributed by atoms with Crippen LogP contribution >= 0.6 is 11.3 Å². The zero-order valence-electron chi connectivity index (χ0n) is 12.2. The average molecular weight is 294 g/mol. The second-order valence-corrected chi connectivity index (χ2v) is 6.64. The Hall–Kier alpha value is -1.11. The van der Waals surface area contributed by atoms with Crippen LogP contribution in [0.5, 0.6) is 0 Å². The highest BCUT2D eigenvalue weighted by atomic mass is 32.1. The molecule has 2 aromatic rings. The van der Waals surface area contributed by atoms with E-state index in [4.69, 9.17) is 15.5 Å². The molecule has 1 aliphatic rings. The van der Waals surface area contributed by atoms with Gasteiger partial charge in [-0.15, -0.1) is 11.3 Å². The highest BCUT2D eigenvalue weighted by molar-refractivity contribution is 7.15. The zero-order chi connectivity index (χ0) is 14.3. The maximum absolute atomic E-state index is 6.02. The molecule has 0 saturated carbocycles. The molecule has 3 unspecified atom stereocenters. The van der Waals surface area contributed by atoms with Crippen molar-refractivity contribution in [3.63, 3.8) is 0 Å². The quantitative estimate of drug-likeness (QED) is 0.939. The number of thiazole rings is 1. The summed E-state index contributed by atoms with van der Waals surface area (Å²) in [5.74, 6) is 1.08. The summed E-state index contributed by atoms with van der Waals surface area (Å²) in [7, 11) is 0. The Morgan fingerprint density at radius 1 is 1.55 bits per heavy atom. The van der Waals surface area contributed by atoms with Gasteiger partial charge in [0.15, 0.2) is 10.8 Å². The van der Waals surface area contributed by atoms with Gasteiger partial charge in [0, 0.05) is 30.6 Å². The molecule has 3 heterocycles. The standard InChI is InChI=1S/C14H22N4OS/c1-9(15)6-12-13(16-14-17(12)4-5-20-14)18-7-11(3)19-8-10(18)2/h4-5,9-11H,6-8,15H2,1-3H3. The third-order valence-corrected chi connectivity index (χ3v) is 4.49. The van der Waals surface area contributed by atoms with Crippen molar-refractivity contribution in [1.29, 1.82) is 0 Å². The average Bonchev–Trinajstić information content (AvgIpc) is 2.95. The monoisotopic (exact) mass is 294 g/mol. The van der Waals surface area contributed by atoms with E-state index in [0.29, 0.717) is 6.04 Å². The summed E-state index contributed by atoms with van der Waals surface area (Å²) in [6, 6.07) is 0.477. The van der Waals surface area contributed by atoms with E-state index in [9.17, 15) is 0 Å². The van der Waals surface area contributed by atoms with Gasteiger partial charge in [-0.2, -0.15) is 0 Å². The van der Waals surface area contributed by atoms with Crippen LogP contribution in [0.25, 0.3) is 4.96 Å². The maximum atomic E-state index is 6.02. The van der Waals surface area contributed by atoms with Crippen LogP contribution in [0.1, 0.15) is 26.5 Å². The fourth-order valence-electron chi connectivity index (χ4n) is 2.74. The van der Waals surface area contributed by atoms with Gasteiger partial charge in [0.25, 0.3) is 0 Å². The molecule has 0 aromatic carbocycles. The van der Waals surface area contributed by atoms with Gasteiger partial charge >= 0.3 is 0 Å². The van der Waals surface area contributed by atoms with E-state index in [-0.39, 0.29) is 12.1 Å². The molecule has 0 radical (unpaired) electrons. The summed E-state index contributed by atoms with van der Waals surface area (Å²) in [6.45, 7) is 7.99. The first-order chi connectivity index (χ1) is 9.56. The van der Waals surface area contributed by atoms with E-state index in [2.05, 4.69) is 34.7 Å². The van der Waals surface area contributed by atoms with Gasteiger partial charge in [0.05, 0.1) is 24.4 Å². The SMILES string of the molecule is CC(N)Cc1c(N2CC(C)OCC2C)nc2sccn12. The third-order valence-electron chi connectivity index (χ3n) is 3.74. The number of hydrogen-bond donors (Lipinski definition) is 1. The van der Waals surface area contributed by atoms with Crippen LogP contribution in [0, 0.1) is 0 Å². The summed E-state index contributed by atoms with van der Waals surface area (Å²) < 4.78 is 7.90. The first-order valence-electron chi connectivity index (χ1n) is 7.14. The van der Waals surface area contributed by atoms with Gasteiger partial charge < -0.3 is 15.4 Å². The topological polar surface area (TPSA) is 55.8 Å². The molecule has 3 rings (SSSR count). The zero-order valence-corrected chi connectivity index (χ0v) is 13.1. The minimum Gasteiger partial charge on any atom is -0.375 e. The Morgan fingerprint density at radius 3 is 3.10 bits per heavy atom. The molecule has 0 amide bonds. The lowest BCUT2D eigenvalue weighted by atomic mass is 10.1. The Kier molecular flexibility index (Phi) is 3.70. The normalized spacial score (nSPS) is 25.3. The minimum atomic E-state index is 0.127. The van der Waals surface area contributed by atoms with Crippen LogP contribution in [-0.4, -0.2) is 40.7 Å². The van der Waals surface area contributed by atoms with Crippen molar-refractivity contribution in [3.8, 4) is 0 Å². The van der Waals surface area contributed by atoms with Crippen LogP contribution in [-0.2, 0) is 11.2 Å². The largest absolute Gasteiger partial charge is 0.375 e. The third kappa shape index (κ3) is 2.43. The molecule has 110 valence electrons. The summed E-state index contributed by atoms with van der Waals surface area (Å²) in [4.78, 5) is 8.24. The van der Waals surface area contributed by atoms with E-state index >= 15 is 0 Å². The van der Waals surface area contributed by atoms with Crippen LogP contribution in [0.3, 0.4) is 0 Å². The lowest BCUT2D eigenvalue weighted by Gasteiger charge is -2.37. The molecule has 20 heavy (non-hydrogen) atoms. The van der Waals surface area contributed by atoms with E-state index in [1.54, 1.807) is 11.3 Å². The molecule has 3 atom stereocenters. The first kappa shape index (κ1) is 13.9. The Morgan fingerprint density at radius 2 is 2.35 bits per heavy atom. The van der Waals surface area contributed by atoms with Crippen molar-refractivity contribution >= 4 is 22.1 Å². The summed E-state index contributed by atoms with van der Waals surface area (Å²) >= 11 is 1.67. The molecule has 6 heteroatoms. The Labute approximate surface area is 123 Å². The van der Waals surface area contributed by atoms with Crippen LogP contribution < -0.4 is 10.6 Å². The predicted molar refractivity (Wildman–Crippen MR) is 82.6 cm³/mol. The number of hydrogen-bond acceptors (Lipinski definition) is 5. The molecule has 0 aliphatic carbocycles. The van der Waals surface area contributed by atoms with Crippen LogP contribution in [0.15, 0.2) is 11.6 Å². The first-order valence-corrected chi connectivity index (χ1v) is 8.02. The van der Waals surface area contributed by atoms with E-state index in [0.717, 1.165) is 30.4 Å². The van der Waals surface area contributed by atoms with E-state index in [1.165, 1.54) is 5.69 Å². The summed E-state index contributed by atoms with van der Waals surface area (Å²) in [5, 5.41) is 2.07.